The van der Waals surface area contributed by atoms with Crippen LogP contribution in [0.15, 0.2) is 0 Å². The molecule has 0 aromatic carbocycles. The minimum Gasteiger partial charge on any atom is -0.328 e. The largest absolute Gasteiger partial charge is 0.328 e. The first-order valence-corrected chi connectivity index (χ1v) is 10.7. The third-order valence-electron chi connectivity index (χ3n) is 5.01. The van der Waals surface area contributed by atoms with Gasteiger partial charge in [-0.2, -0.15) is 0 Å². The highest BCUT2D eigenvalue weighted by atomic mass is 14.6. The lowest BCUT2D eigenvalue weighted by Crippen LogP contribution is -2.23. The van der Waals surface area contributed by atoms with E-state index < -0.39 is 0 Å². The Bertz CT molecular complexity index is 196. The second-order valence-electron chi connectivity index (χ2n) is 7.56. The predicted octanol–water partition coefficient (Wildman–Crippen LogP) is 6.31. The molecule has 2 heteroatoms. The molecule has 0 bridgehead atoms. The zero-order chi connectivity index (χ0) is 17.2. The molecule has 0 saturated heterocycles. The van der Waals surface area contributed by atoms with Crippen LogP contribution < -0.4 is 11.5 Å². The van der Waals surface area contributed by atoms with E-state index in [4.69, 9.17) is 11.5 Å². The Labute approximate surface area is 147 Å². The van der Waals surface area contributed by atoms with Gasteiger partial charge in [0.2, 0.25) is 0 Å². The number of rotatable bonds is 18. The normalized spacial score (nSPS) is 14.1. The lowest BCUT2D eigenvalue weighted by molar-refractivity contribution is 0.455. The Morgan fingerprint density at radius 1 is 0.435 bits per heavy atom. The third kappa shape index (κ3) is 18.1. The molecule has 0 aliphatic rings. The van der Waals surface area contributed by atoms with Crippen molar-refractivity contribution >= 4 is 0 Å². The highest BCUT2D eigenvalue weighted by Gasteiger charge is 2.06. The van der Waals surface area contributed by atoms with E-state index in [0.717, 1.165) is 0 Å². The summed E-state index contributed by atoms with van der Waals surface area (Å²) in [6.45, 7) is 4.54. The molecule has 4 N–H and O–H groups in total. The van der Waals surface area contributed by atoms with Gasteiger partial charge in [-0.05, 0) is 25.7 Å². The van der Waals surface area contributed by atoms with Crippen molar-refractivity contribution in [3.05, 3.63) is 0 Å². The first-order chi connectivity index (χ1) is 11.2. The highest BCUT2D eigenvalue weighted by molar-refractivity contribution is 4.66. The van der Waals surface area contributed by atoms with Crippen molar-refractivity contribution in [1.82, 2.24) is 0 Å². The summed E-state index contributed by atoms with van der Waals surface area (Å²) < 4.78 is 0. The van der Waals surface area contributed by atoms with Crippen molar-refractivity contribution in [2.75, 3.05) is 0 Å². The molecule has 0 saturated carbocycles. The molecule has 0 aliphatic carbocycles. The van der Waals surface area contributed by atoms with Crippen LogP contribution in [0.1, 0.15) is 123 Å². The van der Waals surface area contributed by atoms with E-state index >= 15 is 0 Å². The van der Waals surface area contributed by atoms with Crippen molar-refractivity contribution in [2.45, 2.75) is 135 Å². The summed E-state index contributed by atoms with van der Waals surface area (Å²) in [4.78, 5) is 0. The summed E-state index contributed by atoms with van der Waals surface area (Å²) in [7, 11) is 0. The number of nitrogens with two attached hydrogens (primary N) is 2. The zero-order valence-corrected chi connectivity index (χ0v) is 16.3. The average molecular weight is 327 g/mol. The molecule has 0 spiro atoms. The smallest absolute Gasteiger partial charge is 0.00388 e. The molecule has 0 aliphatic heterocycles. The monoisotopic (exact) mass is 326 g/mol. The van der Waals surface area contributed by atoms with Gasteiger partial charge in [0, 0.05) is 12.1 Å². The Morgan fingerprint density at radius 2 is 0.739 bits per heavy atom. The molecule has 0 heterocycles. The lowest BCUT2D eigenvalue weighted by Gasteiger charge is -2.14. The Morgan fingerprint density at radius 3 is 1.13 bits per heavy atom. The lowest BCUT2D eigenvalue weighted by atomic mass is 9.98. The van der Waals surface area contributed by atoms with Crippen molar-refractivity contribution < 1.29 is 0 Å². The van der Waals surface area contributed by atoms with Crippen LogP contribution in [0, 0.1) is 0 Å². The topological polar surface area (TPSA) is 52.0 Å². The van der Waals surface area contributed by atoms with Crippen LogP contribution in [0.4, 0.5) is 0 Å². The Hall–Kier alpha value is -0.0800. The van der Waals surface area contributed by atoms with Crippen LogP contribution >= 0.6 is 0 Å². The van der Waals surface area contributed by atoms with Crippen LogP contribution in [0.3, 0.4) is 0 Å². The van der Waals surface area contributed by atoms with Crippen molar-refractivity contribution in [1.29, 1.82) is 0 Å². The number of hydrogen-bond acceptors (Lipinski definition) is 2. The molecule has 0 radical (unpaired) electrons. The second-order valence-corrected chi connectivity index (χ2v) is 7.56. The van der Waals surface area contributed by atoms with Crippen LogP contribution in [-0.2, 0) is 0 Å². The molecular formula is C21H46N2. The summed E-state index contributed by atoms with van der Waals surface area (Å²) in [5, 5.41) is 0. The number of unbranched alkanes of at least 4 members (excludes halogenated alkanes) is 10. The quantitative estimate of drug-likeness (QED) is 0.290. The Kier molecular flexibility index (Phi) is 18.2. The first kappa shape index (κ1) is 22.9. The maximum atomic E-state index is 6.23. The summed E-state index contributed by atoms with van der Waals surface area (Å²) in [5.41, 5.74) is 12.5. The Balaban J connectivity index is 3.30. The van der Waals surface area contributed by atoms with E-state index in [1.54, 1.807) is 0 Å². The minimum absolute atomic E-state index is 0.405. The van der Waals surface area contributed by atoms with Gasteiger partial charge < -0.3 is 11.5 Å². The van der Waals surface area contributed by atoms with E-state index in [1.807, 2.05) is 0 Å². The molecule has 0 fully saturated rings. The molecule has 23 heavy (non-hydrogen) atoms. The van der Waals surface area contributed by atoms with E-state index in [2.05, 4.69) is 13.8 Å². The molecule has 2 nitrogen and oxygen atoms in total. The SMILES string of the molecule is CCCCCCCCC(N)CCCC(N)CCCCCCCC. The van der Waals surface area contributed by atoms with E-state index in [1.165, 1.54) is 109 Å². The third-order valence-corrected chi connectivity index (χ3v) is 5.01. The minimum atomic E-state index is 0.405. The van der Waals surface area contributed by atoms with Gasteiger partial charge in [-0.15, -0.1) is 0 Å². The van der Waals surface area contributed by atoms with E-state index in [-0.39, 0.29) is 0 Å². The molecule has 140 valence electrons. The van der Waals surface area contributed by atoms with Crippen molar-refractivity contribution in [3.8, 4) is 0 Å². The molecule has 0 amide bonds. The summed E-state index contributed by atoms with van der Waals surface area (Å²) in [6, 6.07) is 0.810. The number of hydrogen-bond donors (Lipinski definition) is 2. The van der Waals surface area contributed by atoms with Gasteiger partial charge in [0.05, 0.1) is 0 Å². The molecule has 2 unspecified atom stereocenters. The van der Waals surface area contributed by atoms with E-state index in [0.29, 0.717) is 12.1 Å². The predicted molar refractivity (Wildman–Crippen MR) is 106 cm³/mol. The fraction of sp³-hybridized carbons (Fsp3) is 1.00. The molecule has 2 atom stereocenters. The fourth-order valence-corrected chi connectivity index (χ4v) is 3.30. The first-order valence-electron chi connectivity index (χ1n) is 10.7. The second kappa shape index (κ2) is 18.3. The summed E-state index contributed by atoms with van der Waals surface area (Å²) in [6.07, 6.45) is 22.4. The van der Waals surface area contributed by atoms with Crippen molar-refractivity contribution in [3.63, 3.8) is 0 Å². The zero-order valence-electron chi connectivity index (χ0n) is 16.3. The van der Waals surface area contributed by atoms with E-state index in [9.17, 15) is 0 Å². The van der Waals surface area contributed by atoms with Crippen LogP contribution in [0.25, 0.3) is 0 Å². The summed E-state index contributed by atoms with van der Waals surface area (Å²) >= 11 is 0. The van der Waals surface area contributed by atoms with Crippen LogP contribution in [-0.4, -0.2) is 12.1 Å². The molecular weight excluding hydrogens is 280 g/mol. The van der Waals surface area contributed by atoms with Gasteiger partial charge in [0.1, 0.15) is 0 Å². The van der Waals surface area contributed by atoms with Gasteiger partial charge in [-0.3, -0.25) is 0 Å². The van der Waals surface area contributed by atoms with Gasteiger partial charge in [-0.25, -0.2) is 0 Å². The average Bonchev–Trinajstić information content (AvgIpc) is 2.54. The maximum absolute atomic E-state index is 6.23. The van der Waals surface area contributed by atoms with Crippen LogP contribution in [0.5, 0.6) is 0 Å². The highest BCUT2D eigenvalue weighted by Crippen LogP contribution is 2.14. The van der Waals surface area contributed by atoms with Gasteiger partial charge in [-0.1, -0.05) is 97.3 Å². The van der Waals surface area contributed by atoms with Gasteiger partial charge in [0.25, 0.3) is 0 Å². The van der Waals surface area contributed by atoms with Gasteiger partial charge in [0.15, 0.2) is 0 Å². The summed E-state index contributed by atoms with van der Waals surface area (Å²) in [5.74, 6) is 0. The fourth-order valence-electron chi connectivity index (χ4n) is 3.30. The standard InChI is InChI=1S/C21H46N2/c1-3-5-7-9-11-13-16-20(22)18-15-19-21(23)17-14-12-10-8-6-4-2/h20-21H,3-19,22-23H2,1-2H3. The maximum Gasteiger partial charge on any atom is 0.00388 e. The molecule has 0 aromatic rings. The van der Waals surface area contributed by atoms with Crippen LogP contribution in [0.2, 0.25) is 0 Å². The van der Waals surface area contributed by atoms with Gasteiger partial charge >= 0.3 is 0 Å². The molecule has 0 aromatic heterocycles. The molecule has 0 rings (SSSR count). The van der Waals surface area contributed by atoms with Crippen molar-refractivity contribution in [2.24, 2.45) is 11.5 Å².